The van der Waals surface area contributed by atoms with Gasteiger partial charge in [-0.2, -0.15) is 0 Å². The second-order valence-electron chi connectivity index (χ2n) is 3.97. The van der Waals surface area contributed by atoms with Gasteiger partial charge in [0, 0.05) is 18.5 Å². The molecule has 6 heteroatoms. The fraction of sp³-hybridized carbons (Fsp3) is 0.333. The molecular weight excluding hydrogens is 264 g/mol. The Kier molecular flexibility index (Phi) is 3.61. The van der Waals surface area contributed by atoms with Crippen molar-refractivity contribution in [2.24, 2.45) is 0 Å². The molecule has 96 valence electrons. The summed E-state index contributed by atoms with van der Waals surface area (Å²) in [7, 11) is 0. The van der Waals surface area contributed by atoms with Gasteiger partial charge in [0.15, 0.2) is 5.82 Å². The number of halogens is 3. The number of alkyl halides is 1. The van der Waals surface area contributed by atoms with Crippen LogP contribution in [0.15, 0.2) is 12.1 Å². The molecule has 0 saturated carbocycles. The number of ketones is 1. The Morgan fingerprint density at radius 1 is 1.17 bits per heavy atom. The zero-order chi connectivity index (χ0) is 13.3. The summed E-state index contributed by atoms with van der Waals surface area (Å²) in [5.74, 6) is -3.02. The fourth-order valence-electron chi connectivity index (χ4n) is 1.93. The van der Waals surface area contributed by atoms with Crippen molar-refractivity contribution in [1.82, 2.24) is 0 Å². The number of unbranched alkanes of at least 4 members (excludes halogenated alkanes) is 1. The summed E-state index contributed by atoms with van der Waals surface area (Å²) < 4.78 is 26.7. The van der Waals surface area contributed by atoms with Crippen LogP contribution >= 0.6 is 11.6 Å². The van der Waals surface area contributed by atoms with Crippen LogP contribution in [-0.2, 0) is 4.79 Å². The third kappa shape index (κ3) is 2.10. The van der Waals surface area contributed by atoms with Gasteiger partial charge < -0.3 is 4.90 Å². The third-order valence-electron chi connectivity index (χ3n) is 2.75. The van der Waals surface area contributed by atoms with E-state index in [2.05, 4.69) is 0 Å². The van der Waals surface area contributed by atoms with Gasteiger partial charge in [-0.25, -0.2) is 8.78 Å². The Morgan fingerprint density at radius 2 is 1.89 bits per heavy atom. The number of Topliss-reactive ketones (excluding diaryl/α,β-unsaturated/α-hetero) is 1. The maximum absolute atomic E-state index is 13.6. The molecule has 1 aliphatic heterocycles. The van der Waals surface area contributed by atoms with Gasteiger partial charge in [-0.15, -0.1) is 11.6 Å². The zero-order valence-corrected chi connectivity index (χ0v) is 10.1. The number of rotatable bonds is 4. The van der Waals surface area contributed by atoms with Crippen LogP contribution in [-0.4, -0.2) is 24.1 Å². The van der Waals surface area contributed by atoms with Gasteiger partial charge in [0.2, 0.25) is 0 Å². The molecule has 0 radical (unpaired) electrons. The average Bonchev–Trinajstić information content (AvgIpc) is 2.55. The van der Waals surface area contributed by atoms with Crippen molar-refractivity contribution in [1.29, 1.82) is 0 Å². The maximum Gasteiger partial charge on any atom is 0.299 e. The summed E-state index contributed by atoms with van der Waals surface area (Å²) in [6.07, 6.45) is 1.20. The van der Waals surface area contributed by atoms with Crippen molar-refractivity contribution in [3.63, 3.8) is 0 Å². The van der Waals surface area contributed by atoms with Crippen LogP contribution in [0.5, 0.6) is 0 Å². The number of amides is 1. The number of carbonyl (C=O) groups excluding carboxylic acids is 2. The molecule has 1 amide bonds. The van der Waals surface area contributed by atoms with Crippen LogP contribution in [0.25, 0.3) is 0 Å². The predicted molar refractivity (Wildman–Crippen MR) is 63.0 cm³/mol. The van der Waals surface area contributed by atoms with Crippen LogP contribution in [0.3, 0.4) is 0 Å². The monoisotopic (exact) mass is 273 g/mol. The molecule has 0 saturated heterocycles. The molecule has 1 aromatic rings. The van der Waals surface area contributed by atoms with E-state index in [0.717, 1.165) is 11.0 Å². The van der Waals surface area contributed by atoms with Gasteiger partial charge in [0.05, 0.1) is 11.3 Å². The number of nitrogens with zero attached hydrogens (tertiary/aromatic N) is 1. The lowest BCUT2D eigenvalue weighted by molar-refractivity contribution is -0.114. The smallest absolute Gasteiger partial charge is 0.299 e. The minimum atomic E-state index is -0.893. The molecule has 0 atom stereocenters. The van der Waals surface area contributed by atoms with E-state index < -0.39 is 23.3 Å². The molecule has 0 fully saturated rings. The second-order valence-corrected chi connectivity index (χ2v) is 4.34. The molecule has 0 bridgehead atoms. The summed E-state index contributed by atoms with van der Waals surface area (Å²) >= 11 is 5.51. The van der Waals surface area contributed by atoms with E-state index in [1.807, 2.05) is 0 Å². The lowest BCUT2D eigenvalue weighted by Crippen LogP contribution is -2.31. The number of carbonyl (C=O) groups is 2. The standard InChI is InChI=1S/C12H10ClF2NO2/c13-3-1-2-4-16-10-8(11(17)12(16)18)5-7(14)6-9(10)15/h5-6H,1-4H2. The van der Waals surface area contributed by atoms with Crippen molar-refractivity contribution in [2.75, 3.05) is 17.3 Å². The van der Waals surface area contributed by atoms with Gasteiger partial charge >= 0.3 is 0 Å². The topological polar surface area (TPSA) is 37.4 Å². The highest BCUT2D eigenvalue weighted by atomic mass is 35.5. The molecule has 3 nitrogen and oxygen atoms in total. The second kappa shape index (κ2) is 5.02. The molecular formula is C12H10ClF2NO2. The van der Waals surface area contributed by atoms with Crippen LogP contribution in [0.4, 0.5) is 14.5 Å². The third-order valence-corrected chi connectivity index (χ3v) is 3.01. The van der Waals surface area contributed by atoms with Crippen LogP contribution in [0.1, 0.15) is 23.2 Å². The summed E-state index contributed by atoms with van der Waals surface area (Å²) in [6, 6.07) is 1.56. The zero-order valence-electron chi connectivity index (χ0n) is 9.38. The Hall–Kier alpha value is -1.49. The normalized spacial score (nSPS) is 14.3. The number of hydrogen-bond donors (Lipinski definition) is 0. The summed E-state index contributed by atoms with van der Waals surface area (Å²) in [5.41, 5.74) is -0.329. The first-order valence-electron chi connectivity index (χ1n) is 5.47. The van der Waals surface area contributed by atoms with E-state index in [9.17, 15) is 18.4 Å². The highest BCUT2D eigenvalue weighted by Gasteiger charge is 2.38. The first kappa shape index (κ1) is 13.0. The molecule has 1 heterocycles. The van der Waals surface area contributed by atoms with Crippen molar-refractivity contribution in [2.45, 2.75) is 12.8 Å². The molecule has 0 unspecified atom stereocenters. The van der Waals surface area contributed by atoms with E-state index in [1.54, 1.807) is 0 Å². The summed E-state index contributed by atoms with van der Waals surface area (Å²) in [4.78, 5) is 24.3. The first-order valence-corrected chi connectivity index (χ1v) is 6.01. The Morgan fingerprint density at radius 3 is 2.56 bits per heavy atom. The van der Waals surface area contributed by atoms with Crippen LogP contribution in [0, 0.1) is 11.6 Å². The highest BCUT2D eigenvalue weighted by molar-refractivity contribution is 6.52. The predicted octanol–water partition coefficient (Wildman–Crippen LogP) is 2.51. The SMILES string of the molecule is O=C1C(=O)N(CCCCCl)c2c(F)cc(F)cc21. The Bertz CT molecular complexity index is 519. The Balaban J connectivity index is 2.36. The lowest BCUT2D eigenvalue weighted by Gasteiger charge is -2.16. The minimum Gasteiger partial charge on any atom is -0.302 e. The van der Waals surface area contributed by atoms with E-state index in [1.165, 1.54) is 0 Å². The molecule has 1 aromatic carbocycles. The van der Waals surface area contributed by atoms with Gasteiger partial charge in [-0.05, 0) is 18.9 Å². The van der Waals surface area contributed by atoms with Crippen LogP contribution < -0.4 is 4.90 Å². The molecule has 0 spiro atoms. The van der Waals surface area contributed by atoms with E-state index in [4.69, 9.17) is 11.6 Å². The van der Waals surface area contributed by atoms with Gasteiger partial charge in [-0.3, -0.25) is 9.59 Å². The van der Waals surface area contributed by atoms with Crippen molar-refractivity contribution >= 4 is 29.0 Å². The molecule has 0 N–H and O–H groups in total. The van der Waals surface area contributed by atoms with Gasteiger partial charge in [0.1, 0.15) is 5.82 Å². The number of fused-ring (bicyclic) bond motifs is 1. The quantitative estimate of drug-likeness (QED) is 0.480. The fourth-order valence-corrected chi connectivity index (χ4v) is 2.12. The lowest BCUT2D eigenvalue weighted by atomic mass is 10.1. The summed E-state index contributed by atoms with van der Waals surface area (Å²) in [5, 5.41) is 0. The van der Waals surface area contributed by atoms with Gasteiger partial charge in [-0.1, -0.05) is 0 Å². The number of benzene rings is 1. The van der Waals surface area contributed by atoms with E-state index >= 15 is 0 Å². The van der Waals surface area contributed by atoms with Crippen molar-refractivity contribution in [3.05, 3.63) is 29.3 Å². The first-order chi connectivity index (χ1) is 8.56. The molecule has 18 heavy (non-hydrogen) atoms. The minimum absolute atomic E-state index is 0.124. The van der Waals surface area contributed by atoms with Crippen molar-refractivity contribution in [3.8, 4) is 0 Å². The number of anilines is 1. The van der Waals surface area contributed by atoms with Crippen molar-refractivity contribution < 1.29 is 18.4 Å². The largest absolute Gasteiger partial charge is 0.302 e. The maximum atomic E-state index is 13.6. The molecule has 2 rings (SSSR count). The molecule has 1 aliphatic rings. The molecule has 0 aromatic heterocycles. The van der Waals surface area contributed by atoms with Gasteiger partial charge in [0.25, 0.3) is 11.7 Å². The number of hydrogen-bond acceptors (Lipinski definition) is 2. The highest BCUT2D eigenvalue weighted by Crippen LogP contribution is 2.32. The van der Waals surface area contributed by atoms with Crippen LogP contribution in [0.2, 0.25) is 0 Å². The van der Waals surface area contributed by atoms with E-state index in [0.29, 0.717) is 24.8 Å². The van der Waals surface area contributed by atoms with E-state index in [-0.39, 0.29) is 17.8 Å². The summed E-state index contributed by atoms with van der Waals surface area (Å²) in [6.45, 7) is 0.201. The average molecular weight is 274 g/mol. The molecule has 0 aliphatic carbocycles. The Labute approximate surface area is 107 Å².